The zero-order valence-corrected chi connectivity index (χ0v) is 17.7. The number of nitrogens with zero attached hydrogens (tertiary/aromatic N) is 3. The van der Waals surface area contributed by atoms with Crippen LogP contribution in [0.25, 0.3) is 22.4 Å². The molecule has 1 aromatic heterocycles. The molecule has 154 valence electrons. The molecule has 1 N–H and O–H groups in total. The highest BCUT2D eigenvalue weighted by atomic mass is 16.2. The normalized spacial score (nSPS) is 18.8. The Morgan fingerprint density at radius 2 is 1.84 bits per heavy atom. The molecule has 0 saturated carbocycles. The summed E-state index contributed by atoms with van der Waals surface area (Å²) in [6, 6.07) is 22.5. The van der Waals surface area contributed by atoms with Gasteiger partial charge in [-0.25, -0.2) is 4.98 Å². The number of aryl methyl sites for hydroxylation is 1. The van der Waals surface area contributed by atoms with Crippen LogP contribution in [0, 0.1) is 6.92 Å². The van der Waals surface area contributed by atoms with E-state index < -0.39 is 5.66 Å². The minimum Gasteiger partial charge on any atom is -0.350 e. The van der Waals surface area contributed by atoms with E-state index in [1.54, 1.807) is 0 Å². The number of unbranched alkanes of at least 4 members (excludes halogenated alkanes) is 1. The number of anilines is 2. The molecule has 2 aliphatic heterocycles. The Morgan fingerprint density at radius 1 is 1.03 bits per heavy atom. The number of hydrogen-bond acceptors (Lipinski definition) is 3. The summed E-state index contributed by atoms with van der Waals surface area (Å²) in [5.74, 6) is 0.883. The fourth-order valence-electron chi connectivity index (χ4n) is 5.05. The molecule has 1 unspecified atom stereocenters. The van der Waals surface area contributed by atoms with Gasteiger partial charge in [0.15, 0.2) is 0 Å². The maximum atomic E-state index is 14.3. The molecule has 1 amide bonds. The molecule has 0 saturated heterocycles. The van der Waals surface area contributed by atoms with Crippen molar-refractivity contribution in [3.63, 3.8) is 0 Å². The van der Waals surface area contributed by atoms with Gasteiger partial charge in [0.05, 0.1) is 16.7 Å². The molecule has 0 aliphatic carbocycles. The van der Waals surface area contributed by atoms with Gasteiger partial charge >= 0.3 is 0 Å². The van der Waals surface area contributed by atoms with E-state index in [0.717, 1.165) is 57.8 Å². The Kier molecular flexibility index (Phi) is 3.78. The summed E-state index contributed by atoms with van der Waals surface area (Å²) >= 11 is 0. The van der Waals surface area contributed by atoms with Crippen molar-refractivity contribution >= 4 is 28.3 Å². The Labute approximate surface area is 181 Å². The van der Waals surface area contributed by atoms with Crippen LogP contribution in [0.4, 0.5) is 11.4 Å². The van der Waals surface area contributed by atoms with Gasteiger partial charge in [-0.3, -0.25) is 9.36 Å². The van der Waals surface area contributed by atoms with Crippen molar-refractivity contribution in [2.45, 2.75) is 32.4 Å². The van der Waals surface area contributed by atoms with Crippen LogP contribution in [0.5, 0.6) is 0 Å². The first kappa shape index (κ1) is 18.2. The van der Waals surface area contributed by atoms with Gasteiger partial charge in [-0.05, 0) is 49.7 Å². The number of benzene rings is 3. The quantitative estimate of drug-likeness (QED) is 0.501. The lowest BCUT2D eigenvalue weighted by molar-refractivity contribution is -0.123. The summed E-state index contributed by atoms with van der Waals surface area (Å²) in [5, 5.41) is 3.68. The van der Waals surface area contributed by atoms with Crippen molar-refractivity contribution in [1.29, 1.82) is 0 Å². The molecule has 3 aromatic carbocycles. The predicted octanol–water partition coefficient (Wildman–Crippen LogP) is 5.29. The van der Waals surface area contributed by atoms with Gasteiger partial charge in [0.2, 0.25) is 5.66 Å². The van der Waals surface area contributed by atoms with E-state index in [-0.39, 0.29) is 5.91 Å². The highest BCUT2D eigenvalue weighted by Gasteiger charge is 2.56. The Hall–Kier alpha value is -3.60. The summed E-state index contributed by atoms with van der Waals surface area (Å²) in [5.41, 5.74) is 5.86. The predicted molar refractivity (Wildman–Crippen MR) is 124 cm³/mol. The molecule has 1 atom stereocenters. The molecule has 5 heteroatoms. The summed E-state index contributed by atoms with van der Waals surface area (Å²) < 4.78 is 2.12. The monoisotopic (exact) mass is 408 g/mol. The number of carbonyl (C=O) groups is 1. The first-order valence-electron chi connectivity index (χ1n) is 10.9. The molecular formula is C26H24N4O. The summed E-state index contributed by atoms with van der Waals surface area (Å²) in [4.78, 5) is 21.2. The van der Waals surface area contributed by atoms with Gasteiger partial charge < -0.3 is 10.2 Å². The number of amides is 1. The van der Waals surface area contributed by atoms with E-state index in [0.29, 0.717) is 6.54 Å². The number of hydrogen-bond donors (Lipinski definition) is 1. The maximum absolute atomic E-state index is 14.3. The molecule has 0 fully saturated rings. The lowest BCUT2D eigenvalue weighted by Gasteiger charge is -2.38. The minimum atomic E-state index is -1.05. The third-order valence-electron chi connectivity index (χ3n) is 6.50. The van der Waals surface area contributed by atoms with Gasteiger partial charge in [-0.1, -0.05) is 49.2 Å². The van der Waals surface area contributed by atoms with Gasteiger partial charge in [0.25, 0.3) is 5.91 Å². The molecular weight excluding hydrogens is 384 g/mol. The summed E-state index contributed by atoms with van der Waals surface area (Å²) in [7, 11) is 0. The number of nitrogens with one attached hydrogen (secondary N) is 1. The first-order valence-corrected chi connectivity index (χ1v) is 10.9. The van der Waals surface area contributed by atoms with Gasteiger partial charge in [0.1, 0.15) is 5.82 Å². The zero-order valence-electron chi connectivity index (χ0n) is 17.7. The lowest BCUT2D eigenvalue weighted by atomic mass is 9.94. The molecule has 2 aliphatic rings. The zero-order chi connectivity index (χ0) is 21.2. The van der Waals surface area contributed by atoms with E-state index >= 15 is 0 Å². The number of aromatic nitrogens is 2. The molecule has 6 rings (SSSR count). The van der Waals surface area contributed by atoms with Gasteiger partial charge in [-0.15, -0.1) is 0 Å². The van der Waals surface area contributed by atoms with Gasteiger partial charge in [-0.2, -0.15) is 0 Å². The fourth-order valence-corrected chi connectivity index (χ4v) is 5.05. The molecule has 1 spiro atoms. The fraction of sp³-hybridized carbons (Fsp3) is 0.231. The van der Waals surface area contributed by atoms with Crippen molar-refractivity contribution in [1.82, 2.24) is 9.55 Å². The average molecular weight is 409 g/mol. The van der Waals surface area contributed by atoms with Crippen LogP contribution in [-0.2, 0) is 10.5 Å². The number of para-hydroxylation sites is 3. The average Bonchev–Trinajstić information content (AvgIpc) is 3.28. The van der Waals surface area contributed by atoms with E-state index in [1.165, 1.54) is 0 Å². The number of imidazole rings is 1. The molecule has 3 heterocycles. The Bertz CT molecular complexity index is 1350. The number of rotatable bonds is 3. The van der Waals surface area contributed by atoms with E-state index in [2.05, 4.69) is 54.1 Å². The van der Waals surface area contributed by atoms with E-state index in [1.807, 2.05) is 41.3 Å². The van der Waals surface area contributed by atoms with E-state index in [4.69, 9.17) is 4.98 Å². The first-order chi connectivity index (χ1) is 15.1. The van der Waals surface area contributed by atoms with Crippen LogP contribution >= 0.6 is 0 Å². The van der Waals surface area contributed by atoms with Crippen LogP contribution in [0.2, 0.25) is 0 Å². The third-order valence-corrected chi connectivity index (χ3v) is 6.50. The van der Waals surface area contributed by atoms with Crippen LogP contribution in [0.3, 0.4) is 0 Å². The lowest BCUT2D eigenvalue weighted by Crippen LogP contribution is -2.53. The minimum absolute atomic E-state index is 0.0560. The highest BCUT2D eigenvalue weighted by Crippen LogP contribution is 2.50. The molecule has 5 nitrogen and oxygen atoms in total. The van der Waals surface area contributed by atoms with Crippen LogP contribution in [0.15, 0.2) is 66.7 Å². The Morgan fingerprint density at radius 3 is 2.71 bits per heavy atom. The number of fused-ring (bicyclic) bond motifs is 8. The smallest absolute Gasteiger partial charge is 0.279 e. The maximum Gasteiger partial charge on any atom is 0.279 e. The van der Waals surface area contributed by atoms with Crippen LogP contribution in [0.1, 0.15) is 30.9 Å². The van der Waals surface area contributed by atoms with Gasteiger partial charge in [0, 0.05) is 23.4 Å². The summed E-state index contributed by atoms with van der Waals surface area (Å²) in [6.45, 7) is 4.94. The van der Waals surface area contributed by atoms with Crippen LogP contribution < -0.4 is 10.2 Å². The van der Waals surface area contributed by atoms with Crippen LogP contribution in [-0.4, -0.2) is 22.0 Å². The molecule has 0 bridgehead atoms. The standard InChI is InChI=1S/C26H24N4O/c1-3-4-15-29-22-14-13-17(2)16-19(22)26(25(29)31)28-20-10-6-5-9-18(20)24-27-21-11-7-8-12-23(21)30(24)26/h5-14,16,28H,3-4,15H2,1-2H3. The Balaban J connectivity index is 1.72. The molecule has 31 heavy (non-hydrogen) atoms. The van der Waals surface area contributed by atoms with Crippen molar-refractivity contribution < 1.29 is 4.79 Å². The van der Waals surface area contributed by atoms with Crippen molar-refractivity contribution in [2.24, 2.45) is 0 Å². The second kappa shape index (κ2) is 6.45. The topological polar surface area (TPSA) is 50.2 Å². The summed E-state index contributed by atoms with van der Waals surface area (Å²) in [6.07, 6.45) is 2.00. The second-order valence-electron chi connectivity index (χ2n) is 8.47. The highest BCUT2D eigenvalue weighted by molar-refractivity contribution is 6.12. The SMILES string of the molecule is CCCCN1C(=O)C2(Nc3ccccc3-c3nc4ccccc4n32)c2cc(C)ccc21. The molecule has 4 aromatic rings. The largest absolute Gasteiger partial charge is 0.350 e. The van der Waals surface area contributed by atoms with Crippen molar-refractivity contribution in [3.8, 4) is 11.4 Å². The van der Waals surface area contributed by atoms with E-state index in [9.17, 15) is 4.79 Å². The number of carbonyl (C=O) groups excluding carboxylic acids is 1. The van der Waals surface area contributed by atoms with Crippen molar-refractivity contribution in [2.75, 3.05) is 16.8 Å². The third kappa shape index (κ3) is 2.31. The second-order valence-corrected chi connectivity index (χ2v) is 8.47. The van der Waals surface area contributed by atoms with Crippen molar-refractivity contribution in [3.05, 3.63) is 77.9 Å². The molecule has 0 radical (unpaired) electrons.